The van der Waals surface area contributed by atoms with Gasteiger partial charge < -0.3 is 4.90 Å². The highest BCUT2D eigenvalue weighted by Crippen LogP contribution is 2.40. The van der Waals surface area contributed by atoms with Gasteiger partial charge in [-0.15, -0.1) is 0 Å². The first-order valence-electron chi connectivity index (χ1n) is 9.41. The first kappa shape index (κ1) is 18.4. The van der Waals surface area contributed by atoms with Crippen molar-refractivity contribution in [3.05, 3.63) is 22.2 Å². The molecule has 2 aliphatic heterocycles. The van der Waals surface area contributed by atoms with E-state index in [0.717, 1.165) is 36.9 Å². The molecule has 1 saturated carbocycles. The first-order valence-corrected chi connectivity index (χ1v) is 11.6. The summed E-state index contributed by atoms with van der Waals surface area (Å²) in [7, 11) is -3.59. The predicted molar refractivity (Wildman–Crippen MR) is 105 cm³/mol. The van der Waals surface area contributed by atoms with E-state index in [2.05, 4.69) is 29.8 Å². The minimum absolute atomic E-state index is 0.133. The summed E-state index contributed by atoms with van der Waals surface area (Å²) in [5, 5.41) is 0. The number of carbonyl (C=O) groups is 1. The number of sulfonamides is 1. The van der Waals surface area contributed by atoms with Gasteiger partial charge in [0.05, 0.1) is 4.90 Å². The van der Waals surface area contributed by atoms with Crippen LogP contribution in [0, 0.1) is 17.8 Å². The van der Waals surface area contributed by atoms with Gasteiger partial charge in [0.1, 0.15) is 0 Å². The van der Waals surface area contributed by atoms with Crippen LogP contribution in [0.4, 0.5) is 5.69 Å². The van der Waals surface area contributed by atoms with Crippen LogP contribution in [0.15, 0.2) is 21.5 Å². The van der Waals surface area contributed by atoms with Crippen LogP contribution in [0.2, 0.25) is 0 Å². The first-order chi connectivity index (χ1) is 12.3. The third-order valence-corrected chi connectivity index (χ3v) is 8.46. The van der Waals surface area contributed by atoms with Crippen LogP contribution >= 0.6 is 15.9 Å². The molecule has 142 valence electrons. The molecule has 0 aromatic heterocycles. The van der Waals surface area contributed by atoms with E-state index in [4.69, 9.17) is 0 Å². The number of carbonyl (C=O) groups excluding carboxylic acids is 1. The molecular weight excluding hydrogens is 416 g/mol. The molecule has 0 unspecified atom stereocenters. The molecule has 7 heteroatoms. The molecule has 1 aromatic rings. The molecule has 1 aromatic carbocycles. The normalized spacial score (nSPS) is 26.8. The van der Waals surface area contributed by atoms with Gasteiger partial charge in [0.15, 0.2) is 0 Å². The van der Waals surface area contributed by atoms with E-state index in [1.807, 2.05) is 6.07 Å². The lowest BCUT2D eigenvalue weighted by molar-refractivity contribution is -0.119. The van der Waals surface area contributed by atoms with Crippen LogP contribution in [0.5, 0.6) is 0 Å². The third-order valence-electron chi connectivity index (χ3n) is 5.67. The van der Waals surface area contributed by atoms with E-state index < -0.39 is 10.0 Å². The summed E-state index contributed by atoms with van der Waals surface area (Å²) < 4.78 is 28.8. The van der Waals surface area contributed by atoms with Crippen LogP contribution in [-0.2, 0) is 21.2 Å². The molecule has 0 spiro atoms. The zero-order valence-corrected chi connectivity index (χ0v) is 17.6. The molecule has 0 N–H and O–H groups in total. The Morgan fingerprint density at radius 1 is 1.15 bits per heavy atom. The maximum absolute atomic E-state index is 13.3. The number of rotatable bonds is 3. The molecule has 2 atom stereocenters. The molecule has 1 aliphatic carbocycles. The molecule has 2 heterocycles. The van der Waals surface area contributed by atoms with Crippen LogP contribution in [-0.4, -0.2) is 38.3 Å². The molecule has 1 amide bonds. The monoisotopic (exact) mass is 440 g/mol. The second-order valence-electron chi connectivity index (χ2n) is 8.19. The van der Waals surface area contributed by atoms with E-state index in [0.29, 0.717) is 35.9 Å². The van der Waals surface area contributed by atoms with Crippen molar-refractivity contribution in [3.63, 3.8) is 0 Å². The standard InChI is InChI=1S/C19H25BrN2O3S/c1-12-7-13(2)11-21(10-12)26(24,25)18-9-17-15(8-16(18)20)5-6-22(17)19(23)14-3-4-14/h8-9,12-14H,3-7,10-11H2,1-2H3/t12-,13+. The van der Waals surface area contributed by atoms with Crippen molar-refractivity contribution in [2.75, 3.05) is 24.5 Å². The Hall–Kier alpha value is -0.920. The number of benzene rings is 1. The molecule has 1 saturated heterocycles. The third kappa shape index (κ3) is 3.22. The van der Waals surface area contributed by atoms with Crippen molar-refractivity contribution >= 4 is 37.5 Å². The smallest absolute Gasteiger partial charge is 0.244 e. The van der Waals surface area contributed by atoms with E-state index in [-0.39, 0.29) is 16.7 Å². The summed E-state index contributed by atoms with van der Waals surface area (Å²) in [6.45, 7) is 5.97. The predicted octanol–water partition coefficient (Wildman–Crippen LogP) is 3.41. The summed E-state index contributed by atoms with van der Waals surface area (Å²) in [5.74, 6) is 0.993. The summed E-state index contributed by atoms with van der Waals surface area (Å²) in [6.07, 6.45) is 3.75. The van der Waals surface area contributed by atoms with Crippen molar-refractivity contribution in [2.45, 2.75) is 44.4 Å². The van der Waals surface area contributed by atoms with Crippen molar-refractivity contribution in [1.29, 1.82) is 0 Å². The van der Waals surface area contributed by atoms with Gasteiger partial charge in [0.25, 0.3) is 0 Å². The van der Waals surface area contributed by atoms with Gasteiger partial charge in [-0.2, -0.15) is 4.31 Å². The van der Waals surface area contributed by atoms with Gasteiger partial charge >= 0.3 is 0 Å². The van der Waals surface area contributed by atoms with Crippen molar-refractivity contribution < 1.29 is 13.2 Å². The van der Waals surface area contributed by atoms with Gasteiger partial charge in [0.2, 0.25) is 15.9 Å². The SMILES string of the molecule is C[C@@H]1C[C@H](C)CN(S(=O)(=O)c2cc3c(cc2Br)CCN3C(=O)C2CC2)C1. The largest absolute Gasteiger partial charge is 0.312 e. The van der Waals surface area contributed by atoms with Crippen molar-refractivity contribution in [1.82, 2.24) is 4.31 Å². The highest BCUT2D eigenvalue weighted by molar-refractivity contribution is 9.10. The average Bonchev–Trinajstić information content (AvgIpc) is 3.33. The summed E-state index contributed by atoms with van der Waals surface area (Å²) in [5.41, 5.74) is 1.83. The lowest BCUT2D eigenvalue weighted by Crippen LogP contribution is -2.42. The molecular formula is C19H25BrN2O3S. The van der Waals surface area contributed by atoms with E-state index in [1.165, 1.54) is 0 Å². The average molecular weight is 441 g/mol. The fourth-order valence-electron chi connectivity index (χ4n) is 4.31. The molecule has 26 heavy (non-hydrogen) atoms. The number of amides is 1. The lowest BCUT2D eigenvalue weighted by Gasteiger charge is -2.34. The Labute approximate surface area is 163 Å². The topological polar surface area (TPSA) is 57.7 Å². The number of nitrogens with zero attached hydrogens (tertiary/aromatic N) is 2. The Morgan fingerprint density at radius 3 is 2.42 bits per heavy atom. The van der Waals surface area contributed by atoms with Crippen molar-refractivity contribution in [3.8, 4) is 0 Å². The Kier molecular flexibility index (Phi) is 4.68. The number of fused-ring (bicyclic) bond motifs is 1. The summed E-state index contributed by atoms with van der Waals surface area (Å²) >= 11 is 3.47. The molecule has 3 aliphatic rings. The zero-order valence-electron chi connectivity index (χ0n) is 15.2. The van der Waals surface area contributed by atoms with E-state index in [1.54, 1.807) is 15.3 Å². The second-order valence-corrected chi connectivity index (χ2v) is 11.0. The minimum Gasteiger partial charge on any atom is -0.312 e. The molecule has 0 bridgehead atoms. The molecule has 2 fully saturated rings. The Balaban J connectivity index is 1.70. The van der Waals surface area contributed by atoms with Crippen molar-refractivity contribution in [2.24, 2.45) is 17.8 Å². The van der Waals surface area contributed by atoms with E-state index >= 15 is 0 Å². The molecule has 4 rings (SSSR count). The quantitative estimate of drug-likeness (QED) is 0.723. The number of halogens is 1. The fourth-order valence-corrected chi connectivity index (χ4v) is 7.06. The fraction of sp³-hybridized carbons (Fsp3) is 0.632. The van der Waals surface area contributed by atoms with Gasteiger partial charge in [-0.05, 0) is 71.1 Å². The van der Waals surface area contributed by atoms with Crippen LogP contribution in [0.1, 0.15) is 38.7 Å². The van der Waals surface area contributed by atoms with E-state index in [9.17, 15) is 13.2 Å². The van der Waals surface area contributed by atoms with Gasteiger partial charge in [-0.3, -0.25) is 4.79 Å². The van der Waals surface area contributed by atoms with Gasteiger partial charge in [0, 0.05) is 35.7 Å². The lowest BCUT2D eigenvalue weighted by atomic mass is 9.94. The number of hydrogen-bond acceptors (Lipinski definition) is 3. The molecule has 5 nitrogen and oxygen atoms in total. The zero-order chi connectivity index (χ0) is 18.6. The van der Waals surface area contributed by atoms with Crippen LogP contribution < -0.4 is 4.90 Å². The minimum atomic E-state index is -3.59. The highest BCUT2D eigenvalue weighted by atomic mass is 79.9. The van der Waals surface area contributed by atoms with Gasteiger partial charge in [-0.1, -0.05) is 13.8 Å². The number of piperidine rings is 1. The maximum Gasteiger partial charge on any atom is 0.244 e. The summed E-state index contributed by atoms with van der Waals surface area (Å²) in [6, 6.07) is 3.60. The Bertz CT molecular complexity index is 841. The maximum atomic E-state index is 13.3. The number of anilines is 1. The van der Waals surface area contributed by atoms with Gasteiger partial charge in [-0.25, -0.2) is 8.42 Å². The number of hydrogen-bond donors (Lipinski definition) is 0. The summed E-state index contributed by atoms with van der Waals surface area (Å²) in [4.78, 5) is 14.6. The Morgan fingerprint density at radius 2 is 1.81 bits per heavy atom. The highest BCUT2D eigenvalue weighted by Gasteiger charge is 2.38. The molecule has 0 radical (unpaired) electrons. The van der Waals surface area contributed by atoms with Crippen LogP contribution in [0.25, 0.3) is 0 Å². The second kappa shape index (κ2) is 6.60. The van der Waals surface area contributed by atoms with Crippen LogP contribution in [0.3, 0.4) is 0 Å².